The minimum absolute atomic E-state index is 0.0971. The van der Waals surface area contributed by atoms with Crippen LogP contribution in [0.5, 0.6) is 0 Å². The molecule has 0 N–H and O–H groups in total. The summed E-state index contributed by atoms with van der Waals surface area (Å²) < 4.78 is 15.5. The van der Waals surface area contributed by atoms with Gasteiger partial charge in [-0.15, -0.1) is 5.10 Å². The van der Waals surface area contributed by atoms with Crippen molar-refractivity contribution in [3.05, 3.63) is 70.5 Å². The summed E-state index contributed by atoms with van der Waals surface area (Å²) in [7, 11) is 1.61. The third-order valence-corrected chi connectivity index (χ3v) is 5.18. The van der Waals surface area contributed by atoms with Gasteiger partial charge in [-0.25, -0.2) is 9.07 Å². The zero-order valence-corrected chi connectivity index (χ0v) is 16.1. The van der Waals surface area contributed by atoms with E-state index in [0.29, 0.717) is 22.3 Å². The van der Waals surface area contributed by atoms with Crippen LogP contribution in [0.15, 0.2) is 53.7 Å². The van der Waals surface area contributed by atoms with Crippen LogP contribution in [-0.4, -0.2) is 43.8 Å². The van der Waals surface area contributed by atoms with Crippen LogP contribution in [-0.2, 0) is 17.9 Å². The van der Waals surface area contributed by atoms with E-state index in [1.54, 1.807) is 17.8 Å². The Kier molecular flexibility index (Phi) is 6.41. The van der Waals surface area contributed by atoms with Crippen LogP contribution in [0.3, 0.4) is 0 Å². The Bertz CT molecular complexity index is 901. The summed E-state index contributed by atoms with van der Waals surface area (Å²) in [5.41, 5.74) is 1.36. The molecule has 0 saturated carbocycles. The van der Waals surface area contributed by atoms with Gasteiger partial charge < -0.3 is 4.90 Å². The zero-order valence-electron chi connectivity index (χ0n) is 14.5. The van der Waals surface area contributed by atoms with E-state index in [2.05, 4.69) is 15.5 Å². The Balaban J connectivity index is 1.59. The van der Waals surface area contributed by atoms with E-state index in [4.69, 9.17) is 11.6 Å². The smallest absolute Gasteiger partial charge is 0.233 e. The first-order valence-electron chi connectivity index (χ1n) is 8.14. The fourth-order valence-electron chi connectivity index (χ4n) is 2.40. The average Bonchev–Trinajstić information content (AvgIpc) is 3.10. The van der Waals surface area contributed by atoms with Crippen LogP contribution < -0.4 is 0 Å². The van der Waals surface area contributed by atoms with Crippen LogP contribution >= 0.6 is 23.4 Å². The van der Waals surface area contributed by atoms with Gasteiger partial charge in [0.1, 0.15) is 5.82 Å². The van der Waals surface area contributed by atoms with E-state index in [1.807, 2.05) is 30.3 Å². The van der Waals surface area contributed by atoms with Crippen LogP contribution in [0.25, 0.3) is 0 Å². The van der Waals surface area contributed by atoms with Gasteiger partial charge in [0.15, 0.2) is 0 Å². The highest BCUT2D eigenvalue weighted by atomic mass is 35.5. The molecule has 0 spiro atoms. The van der Waals surface area contributed by atoms with E-state index < -0.39 is 5.82 Å². The molecule has 1 heterocycles. The molecule has 0 bridgehead atoms. The molecule has 0 aliphatic rings. The van der Waals surface area contributed by atoms with Gasteiger partial charge in [0, 0.05) is 24.2 Å². The molecule has 2 aromatic carbocycles. The van der Waals surface area contributed by atoms with Crippen molar-refractivity contribution in [2.45, 2.75) is 18.2 Å². The van der Waals surface area contributed by atoms with Crippen molar-refractivity contribution in [1.82, 2.24) is 25.1 Å². The van der Waals surface area contributed by atoms with Gasteiger partial charge in [0.2, 0.25) is 11.1 Å². The predicted molar refractivity (Wildman–Crippen MR) is 102 cm³/mol. The maximum atomic E-state index is 13.9. The Morgan fingerprint density at radius 1 is 1.22 bits per heavy atom. The van der Waals surface area contributed by atoms with E-state index >= 15 is 0 Å². The maximum Gasteiger partial charge on any atom is 0.233 e. The number of tetrazole rings is 1. The summed E-state index contributed by atoms with van der Waals surface area (Å²) >= 11 is 7.26. The molecule has 3 rings (SSSR count). The summed E-state index contributed by atoms with van der Waals surface area (Å²) in [5, 5.41) is 12.5. The molecule has 0 fully saturated rings. The van der Waals surface area contributed by atoms with Gasteiger partial charge in [-0.2, -0.15) is 0 Å². The van der Waals surface area contributed by atoms with Crippen molar-refractivity contribution in [3.8, 4) is 0 Å². The monoisotopic (exact) mass is 405 g/mol. The zero-order chi connectivity index (χ0) is 19.2. The number of thioether (sulfide) groups is 1. The Hall–Kier alpha value is -2.45. The van der Waals surface area contributed by atoms with Crippen molar-refractivity contribution < 1.29 is 9.18 Å². The number of hydrogen-bond acceptors (Lipinski definition) is 5. The molecule has 0 atom stereocenters. The summed E-state index contributed by atoms with van der Waals surface area (Å²) in [5.74, 6) is -0.465. The molecule has 1 aromatic heterocycles. The van der Waals surface area contributed by atoms with Crippen molar-refractivity contribution >= 4 is 29.3 Å². The lowest BCUT2D eigenvalue weighted by Gasteiger charge is -2.18. The molecule has 0 saturated heterocycles. The first-order valence-corrected chi connectivity index (χ1v) is 9.50. The minimum atomic E-state index is -0.429. The molecule has 3 aromatic rings. The highest BCUT2D eigenvalue weighted by molar-refractivity contribution is 7.99. The molecule has 0 aliphatic carbocycles. The van der Waals surface area contributed by atoms with Gasteiger partial charge in [-0.1, -0.05) is 59.8 Å². The molecule has 0 radical (unpaired) electrons. The molecule has 6 nitrogen and oxygen atoms in total. The molecule has 9 heteroatoms. The average molecular weight is 406 g/mol. The molecular formula is C18H17ClFN5OS. The van der Waals surface area contributed by atoms with E-state index in [1.165, 1.54) is 28.8 Å². The summed E-state index contributed by atoms with van der Waals surface area (Å²) in [6.07, 6.45) is 0. The van der Waals surface area contributed by atoms with Gasteiger partial charge >= 0.3 is 0 Å². The highest BCUT2D eigenvalue weighted by Crippen LogP contribution is 2.21. The fourth-order valence-corrected chi connectivity index (χ4v) is 3.44. The number of carbonyl (C=O) groups excluding carboxylic acids is 1. The predicted octanol–water partition coefficient (Wildman–Crippen LogP) is 3.26. The lowest BCUT2D eigenvalue weighted by atomic mass is 10.2. The number of carbonyl (C=O) groups is 1. The molecule has 0 unspecified atom stereocenters. The van der Waals surface area contributed by atoms with E-state index in [-0.39, 0.29) is 18.2 Å². The number of hydrogen-bond donors (Lipinski definition) is 0. The fraction of sp³-hybridized carbons (Fsp3) is 0.222. The van der Waals surface area contributed by atoms with Gasteiger partial charge in [-0.05, 0) is 28.1 Å². The number of benzene rings is 2. The van der Waals surface area contributed by atoms with Crippen LogP contribution in [0.2, 0.25) is 5.02 Å². The summed E-state index contributed by atoms with van der Waals surface area (Å²) in [4.78, 5) is 13.8. The third-order valence-electron chi connectivity index (χ3n) is 3.88. The van der Waals surface area contributed by atoms with Gasteiger partial charge in [-0.3, -0.25) is 4.79 Å². The number of amides is 1. The lowest BCUT2D eigenvalue weighted by Crippen LogP contribution is -2.28. The van der Waals surface area contributed by atoms with Crippen LogP contribution in [0.4, 0.5) is 4.39 Å². The first-order chi connectivity index (χ1) is 13.0. The van der Waals surface area contributed by atoms with E-state index in [0.717, 1.165) is 5.56 Å². The van der Waals surface area contributed by atoms with Crippen LogP contribution in [0, 0.1) is 5.82 Å². The summed E-state index contributed by atoms with van der Waals surface area (Å²) in [6, 6.07) is 14.2. The molecule has 1 amide bonds. The second-order valence-corrected chi connectivity index (χ2v) is 7.19. The normalized spacial score (nSPS) is 10.8. The Morgan fingerprint density at radius 3 is 2.74 bits per heavy atom. The van der Waals surface area contributed by atoms with Crippen LogP contribution in [0.1, 0.15) is 11.1 Å². The minimum Gasteiger partial charge on any atom is -0.341 e. The molecular weight excluding hydrogens is 389 g/mol. The topological polar surface area (TPSA) is 63.9 Å². The molecule has 140 valence electrons. The van der Waals surface area contributed by atoms with Gasteiger partial charge in [0.25, 0.3) is 0 Å². The largest absolute Gasteiger partial charge is 0.341 e. The Labute approximate surface area is 165 Å². The van der Waals surface area contributed by atoms with Crippen molar-refractivity contribution in [2.24, 2.45) is 0 Å². The van der Waals surface area contributed by atoms with Crippen molar-refractivity contribution in [3.63, 3.8) is 0 Å². The molecule has 0 aliphatic heterocycles. The number of rotatable bonds is 7. The standard InChI is InChI=1S/C18H17ClFN5OS/c1-24(11-14-15(19)8-5-9-16(14)20)17(26)12-27-18-21-22-23-25(18)10-13-6-3-2-4-7-13/h2-9H,10-12H2,1H3. The maximum absolute atomic E-state index is 13.9. The second kappa shape index (κ2) is 8.96. The number of nitrogens with zero attached hydrogens (tertiary/aromatic N) is 5. The SMILES string of the molecule is CN(Cc1c(F)cccc1Cl)C(=O)CSc1nnnn1Cc1ccccc1. The van der Waals surface area contributed by atoms with Crippen molar-refractivity contribution in [2.75, 3.05) is 12.8 Å². The van der Waals surface area contributed by atoms with Crippen molar-refractivity contribution in [1.29, 1.82) is 0 Å². The summed E-state index contributed by atoms with van der Waals surface area (Å²) in [6.45, 7) is 0.616. The van der Waals surface area contributed by atoms with Gasteiger partial charge in [0.05, 0.1) is 12.3 Å². The van der Waals surface area contributed by atoms with E-state index in [9.17, 15) is 9.18 Å². The third kappa shape index (κ3) is 5.05. The Morgan fingerprint density at radius 2 is 2.00 bits per heavy atom. The second-order valence-electron chi connectivity index (χ2n) is 5.84. The number of halogens is 2. The lowest BCUT2D eigenvalue weighted by molar-refractivity contribution is -0.127. The quantitative estimate of drug-likeness (QED) is 0.564. The molecule has 27 heavy (non-hydrogen) atoms. The first kappa shape index (κ1) is 19.3. The number of aromatic nitrogens is 4. The highest BCUT2D eigenvalue weighted by Gasteiger charge is 2.16.